The van der Waals surface area contributed by atoms with Crippen molar-refractivity contribution in [1.82, 2.24) is 4.90 Å². The van der Waals surface area contributed by atoms with Crippen molar-refractivity contribution in [2.75, 3.05) is 7.11 Å². The van der Waals surface area contributed by atoms with Gasteiger partial charge in [-0.15, -0.1) is 0 Å². The summed E-state index contributed by atoms with van der Waals surface area (Å²) in [7, 11) is 1.38. The van der Waals surface area contributed by atoms with Crippen LogP contribution in [0.1, 0.15) is 84.5 Å². The molecule has 1 saturated heterocycles. The molecule has 0 aromatic carbocycles. The van der Waals surface area contributed by atoms with Gasteiger partial charge in [-0.25, -0.2) is 4.79 Å². The number of nitrogens with zero attached hydrogens (tertiary/aromatic N) is 1. The first-order valence-corrected chi connectivity index (χ1v) is 10.3. The van der Waals surface area contributed by atoms with Crippen molar-refractivity contribution in [2.45, 2.75) is 103 Å². The highest BCUT2D eigenvalue weighted by molar-refractivity contribution is 5.85. The number of carbonyl (C=O) groups is 2. The number of hydrogen-bond donors (Lipinski definition) is 1. The Labute approximate surface area is 158 Å². The third kappa shape index (κ3) is 7.48. The number of hydrogen-bond acceptors (Lipinski definition) is 4. The smallest absolute Gasteiger partial charge is 0.328 e. The van der Waals surface area contributed by atoms with E-state index in [4.69, 9.17) is 4.74 Å². The molecule has 1 rings (SSSR count). The first kappa shape index (κ1) is 22.7. The Hall–Kier alpha value is -1.36. The number of likely N-dealkylation sites (tertiary alicyclic amines) is 1. The molecule has 1 N–H and O–H groups in total. The highest BCUT2D eigenvalue weighted by atomic mass is 16.5. The molecule has 0 radical (unpaired) electrons. The van der Waals surface area contributed by atoms with Crippen molar-refractivity contribution < 1.29 is 19.4 Å². The molecule has 1 aliphatic heterocycles. The van der Waals surface area contributed by atoms with Gasteiger partial charge in [0.25, 0.3) is 0 Å². The van der Waals surface area contributed by atoms with Crippen molar-refractivity contribution in [3.63, 3.8) is 0 Å². The average Bonchev–Trinajstić information content (AvgIpc) is 2.64. The maximum Gasteiger partial charge on any atom is 0.328 e. The van der Waals surface area contributed by atoms with Gasteiger partial charge in [-0.2, -0.15) is 0 Å². The third-order valence-electron chi connectivity index (χ3n) is 5.08. The number of unbranched alkanes of at least 4 members (excludes halogenated alkanes) is 4. The van der Waals surface area contributed by atoms with Gasteiger partial charge in [0.05, 0.1) is 19.3 Å². The number of aliphatic hydroxyl groups excluding tert-OH is 1. The van der Waals surface area contributed by atoms with Gasteiger partial charge in [0.1, 0.15) is 6.04 Å². The predicted molar refractivity (Wildman–Crippen MR) is 104 cm³/mol. The molecule has 150 valence electrons. The molecule has 1 fully saturated rings. The number of piperidine rings is 1. The number of amides is 1. The van der Waals surface area contributed by atoms with Crippen LogP contribution in [0, 0.1) is 0 Å². The van der Waals surface area contributed by atoms with Crippen molar-refractivity contribution in [2.24, 2.45) is 0 Å². The van der Waals surface area contributed by atoms with E-state index >= 15 is 0 Å². The Bertz CT molecular complexity index is 449. The summed E-state index contributed by atoms with van der Waals surface area (Å²) in [5.41, 5.74) is 0. The summed E-state index contributed by atoms with van der Waals surface area (Å²) in [5, 5.41) is 10.1. The summed E-state index contributed by atoms with van der Waals surface area (Å²) in [6.45, 7) is 4.25. The molecule has 1 amide bonds. The highest BCUT2D eigenvalue weighted by Crippen LogP contribution is 2.25. The van der Waals surface area contributed by atoms with Crippen LogP contribution < -0.4 is 0 Å². The van der Waals surface area contributed by atoms with Crippen LogP contribution in [-0.2, 0) is 14.3 Å². The van der Waals surface area contributed by atoms with Crippen LogP contribution in [0.4, 0.5) is 0 Å². The number of aliphatic hydroxyl groups is 1. The zero-order valence-corrected chi connectivity index (χ0v) is 16.8. The molecule has 0 bridgehead atoms. The Kier molecular flexibility index (Phi) is 11.3. The van der Waals surface area contributed by atoms with E-state index in [1.165, 1.54) is 7.11 Å². The van der Waals surface area contributed by atoms with E-state index in [1.54, 1.807) is 11.0 Å². The highest BCUT2D eigenvalue weighted by Gasteiger charge is 2.36. The van der Waals surface area contributed by atoms with Crippen molar-refractivity contribution in [3.8, 4) is 0 Å². The normalized spacial score (nSPS) is 20.4. The minimum atomic E-state index is -0.522. The average molecular weight is 368 g/mol. The van der Waals surface area contributed by atoms with Crippen LogP contribution >= 0.6 is 0 Å². The van der Waals surface area contributed by atoms with Gasteiger partial charge in [-0.3, -0.25) is 4.79 Å². The lowest BCUT2D eigenvalue weighted by atomic mass is 9.95. The fourth-order valence-electron chi connectivity index (χ4n) is 3.56. The summed E-state index contributed by atoms with van der Waals surface area (Å²) in [5.74, 6) is -0.323. The summed E-state index contributed by atoms with van der Waals surface area (Å²) < 4.78 is 4.98. The number of rotatable bonds is 12. The molecule has 0 spiro atoms. The maximum atomic E-state index is 12.6. The van der Waals surface area contributed by atoms with Crippen molar-refractivity contribution in [3.05, 3.63) is 12.2 Å². The number of ether oxygens (including phenoxy) is 1. The summed E-state index contributed by atoms with van der Waals surface area (Å²) >= 11 is 0. The number of methoxy groups -OCH3 is 1. The molecule has 1 aliphatic rings. The van der Waals surface area contributed by atoms with Gasteiger partial charge in [0, 0.05) is 6.42 Å². The molecule has 26 heavy (non-hydrogen) atoms. The second-order valence-electron chi connectivity index (χ2n) is 7.24. The van der Waals surface area contributed by atoms with Gasteiger partial charge >= 0.3 is 5.97 Å². The molecule has 0 saturated carbocycles. The van der Waals surface area contributed by atoms with E-state index < -0.39 is 12.1 Å². The maximum absolute atomic E-state index is 12.6. The standard InChI is InChI=1S/C21H37NO4/c1-4-6-8-12-18(23)16-15-17-11-10-14-20(24)22(17)19(21(25)26-3)13-9-7-5-2/h15-19,23H,4-14H2,1-3H3/b16-15+. The fourth-order valence-corrected chi connectivity index (χ4v) is 3.56. The molecular weight excluding hydrogens is 330 g/mol. The van der Waals surface area contributed by atoms with E-state index in [-0.39, 0.29) is 17.9 Å². The first-order valence-electron chi connectivity index (χ1n) is 10.3. The molecule has 5 nitrogen and oxygen atoms in total. The molecule has 3 atom stereocenters. The van der Waals surface area contributed by atoms with Crippen LogP contribution in [0.3, 0.4) is 0 Å². The van der Waals surface area contributed by atoms with E-state index in [1.807, 2.05) is 6.08 Å². The van der Waals surface area contributed by atoms with Crippen molar-refractivity contribution in [1.29, 1.82) is 0 Å². The second-order valence-corrected chi connectivity index (χ2v) is 7.24. The predicted octanol–water partition coefficient (Wildman–Crippen LogP) is 3.99. The molecule has 0 aromatic heterocycles. The molecular formula is C21H37NO4. The molecule has 0 aromatic rings. The second kappa shape index (κ2) is 12.9. The Morgan fingerprint density at radius 2 is 1.88 bits per heavy atom. The van der Waals surface area contributed by atoms with Gasteiger partial charge in [-0.1, -0.05) is 64.5 Å². The number of esters is 1. The van der Waals surface area contributed by atoms with Crippen LogP contribution in [0.2, 0.25) is 0 Å². The minimum Gasteiger partial charge on any atom is -0.467 e. The Morgan fingerprint density at radius 1 is 1.23 bits per heavy atom. The third-order valence-corrected chi connectivity index (χ3v) is 5.08. The van der Waals surface area contributed by atoms with Crippen LogP contribution in [0.5, 0.6) is 0 Å². The van der Waals surface area contributed by atoms with Crippen LogP contribution in [0.15, 0.2) is 12.2 Å². The first-order chi connectivity index (χ1) is 12.5. The van der Waals surface area contributed by atoms with Gasteiger partial charge in [-0.05, 0) is 25.7 Å². The van der Waals surface area contributed by atoms with Crippen LogP contribution in [-0.4, -0.2) is 47.2 Å². The van der Waals surface area contributed by atoms with Crippen LogP contribution in [0.25, 0.3) is 0 Å². The van der Waals surface area contributed by atoms with E-state index in [9.17, 15) is 14.7 Å². The van der Waals surface area contributed by atoms with E-state index in [2.05, 4.69) is 13.8 Å². The summed E-state index contributed by atoms with van der Waals surface area (Å²) in [4.78, 5) is 26.6. The van der Waals surface area contributed by atoms with E-state index in [0.717, 1.165) is 57.8 Å². The monoisotopic (exact) mass is 367 g/mol. The van der Waals surface area contributed by atoms with Crippen molar-refractivity contribution >= 4 is 11.9 Å². The lowest BCUT2D eigenvalue weighted by Gasteiger charge is -2.38. The Balaban J connectivity index is 2.82. The zero-order valence-electron chi connectivity index (χ0n) is 16.8. The summed E-state index contributed by atoms with van der Waals surface area (Å²) in [6, 6.07) is -0.658. The minimum absolute atomic E-state index is 0.0123. The Morgan fingerprint density at radius 3 is 2.50 bits per heavy atom. The molecule has 0 aliphatic carbocycles. The quantitative estimate of drug-likeness (QED) is 0.322. The lowest BCUT2D eigenvalue weighted by Crippen LogP contribution is -2.52. The lowest BCUT2D eigenvalue weighted by molar-refractivity contribution is -0.156. The number of carbonyl (C=O) groups excluding carboxylic acids is 2. The topological polar surface area (TPSA) is 66.8 Å². The van der Waals surface area contributed by atoms with E-state index in [0.29, 0.717) is 12.8 Å². The SMILES string of the molecule is CCCCCC(O)/C=C/C1CCCC(=O)N1C(CCCCC)C(=O)OC. The summed E-state index contributed by atoms with van der Waals surface area (Å²) in [6.07, 6.45) is 13.0. The van der Waals surface area contributed by atoms with Gasteiger partial charge < -0.3 is 14.7 Å². The fraction of sp³-hybridized carbons (Fsp3) is 0.810. The molecule has 3 unspecified atom stereocenters. The van der Waals surface area contributed by atoms with Gasteiger partial charge in [0.2, 0.25) is 5.91 Å². The largest absolute Gasteiger partial charge is 0.467 e. The van der Waals surface area contributed by atoms with Gasteiger partial charge in [0.15, 0.2) is 0 Å². The zero-order chi connectivity index (χ0) is 19.4. The molecule has 1 heterocycles. The molecule has 5 heteroatoms.